The minimum absolute atomic E-state index is 0.218. The van der Waals surface area contributed by atoms with Crippen LogP contribution in [-0.4, -0.2) is 27.4 Å². The minimum Gasteiger partial charge on any atom is -0.481 e. The maximum Gasteiger partial charge on any atom is 0.316 e. The third-order valence-electron chi connectivity index (χ3n) is 5.47. The first-order valence-corrected chi connectivity index (χ1v) is 9.39. The van der Waals surface area contributed by atoms with Gasteiger partial charge in [0.1, 0.15) is 11.7 Å². The fraction of sp³-hybridized carbons (Fsp3) is 0.227. The molecule has 1 aromatic carbocycles. The lowest BCUT2D eigenvalue weighted by Gasteiger charge is -2.25. The molecule has 0 saturated heterocycles. The summed E-state index contributed by atoms with van der Waals surface area (Å²) in [6.07, 6.45) is 7.36. The van der Waals surface area contributed by atoms with Crippen LogP contribution in [0.3, 0.4) is 0 Å². The number of hydrogen-bond donors (Lipinski definition) is 1. The summed E-state index contributed by atoms with van der Waals surface area (Å²) in [7, 11) is 0. The number of fused-ring (bicyclic) bond motifs is 3. The largest absolute Gasteiger partial charge is 0.481 e. The zero-order valence-electron chi connectivity index (χ0n) is 15.6. The molecule has 7 nitrogen and oxygen atoms in total. The molecular weight excluding hydrogens is 372 g/mol. The number of rotatable bonds is 2. The molecule has 5 rings (SSSR count). The van der Waals surface area contributed by atoms with Crippen molar-refractivity contribution in [1.29, 1.82) is 0 Å². The highest BCUT2D eigenvalue weighted by Crippen LogP contribution is 2.36. The van der Waals surface area contributed by atoms with E-state index < -0.39 is 11.9 Å². The number of benzene rings is 1. The van der Waals surface area contributed by atoms with Gasteiger partial charge in [-0.1, -0.05) is 18.7 Å². The molecule has 0 saturated carbocycles. The van der Waals surface area contributed by atoms with Gasteiger partial charge in [-0.25, -0.2) is 4.98 Å². The van der Waals surface area contributed by atoms with E-state index in [9.17, 15) is 14.7 Å². The van der Waals surface area contributed by atoms with Gasteiger partial charge in [-0.05, 0) is 54.7 Å². The topological polar surface area (TPSA) is 90.7 Å². The predicted molar refractivity (Wildman–Crippen MR) is 107 cm³/mol. The molecule has 2 aliphatic heterocycles. The molecule has 0 fully saturated rings. The summed E-state index contributed by atoms with van der Waals surface area (Å²) in [5.74, 6) is -0.127. The number of aromatic nitrogens is 2. The van der Waals surface area contributed by atoms with Crippen LogP contribution in [0.2, 0.25) is 0 Å². The Labute approximate surface area is 166 Å². The van der Waals surface area contributed by atoms with E-state index in [-0.39, 0.29) is 18.0 Å². The summed E-state index contributed by atoms with van der Waals surface area (Å²) in [4.78, 5) is 29.3. The second-order valence-corrected chi connectivity index (χ2v) is 7.24. The van der Waals surface area contributed by atoms with Crippen molar-refractivity contribution < 1.29 is 19.4 Å². The molecule has 1 aromatic heterocycles. The second-order valence-electron chi connectivity index (χ2n) is 7.24. The average Bonchev–Trinajstić information content (AvgIpc) is 3.16. The van der Waals surface area contributed by atoms with Crippen LogP contribution in [0.25, 0.3) is 23.4 Å². The molecule has 1 atom stereocenters. The number of carboxylic acids is 1. The molecule has 0 amide bonds. The highest BCUT2D eigenvalue weighted by Gasteiger charge is 2.29. The van der Waals surface area contributed by atoms with Gasteiger partial charge >= 0.3 is 5.97 Å². The molecule has 1 N–H and O–H groups in total. The SMILES string of the molecule is C=C1[C@@H](C(=O)O)C=Cc2nc3c(c(=O)n21)CCCC3=Cc1ccc2c(c1)OCO2. The van der Waals surface area contributed by atoms with E-state index >= 15 is 0 Å². The lowest BCUT2D eigenvalue weighted by Crippen LogP contribution is -2.34. The quantitative estimate of drug-likeness (QED) is 0.848. The fourth-order valence-electron chi connectivity index (χ4n) is 4.03. The van der Waals surface area contributed by atoms with Crippen LogP contribution >= 0.6 is 0 Å². The van der Waals surface area contributed by atoms with Gasteiger partial charge in [0.15, 0.2) is 11.5 Å². The minimum atomic E-state index is -1.04. The van der Waals surface area contributed by atoms with Gasteiger partial charge in [0.05, 0.1) is 5.69 Å². The highest BCUT2D eigenvalue weighted by atomic mass is 16.7. The second kappa shape index (κ2) is 6.48. The van der Waals surface area contributed by atoms with Gasteiger partial charge in [0.25, 0.3) is 5.56 Å². The van der Waals surface area contributed by atoms with E-state index in [0.717, 1.165) is 29.7 Å². The number of carbonyl (C=O) groups is 1. The standard InChI is InChI=1S/C22H18N2O5/c1-12-15(22(26)27)6-8-19-23-20-14(3-2-4-16(20)21(25)24(12)19)9-13-5-7-17-18(10-13)29-11-28-17/h5-10,15H,1-4,11H2,(H,26,27)/t15-/m0/s1. The van der Waals surface area contributed by atoms with E-state index in [1.54, 1.807) is 6.08 Å². The number of carboxylic acid groups (broad SMARTS) is 1. The Hall–Kier alpha value is -3.61. The van der Waals surface area contributed by atoms with Crippen LogP contribution in [0.1, 0.15) is 35.5 Å². The number of allylic oxidation sites excluding steroid dienone is 1. The molecule has 0 unspecified atom stereocenters. The van der Waals surface area contributed by atoms with Crippen LogP contribution in [0.5, 0.6) is 11.5 Å². The molecule has 2 aromatic rings. The van der Waals surface area contributed by atoms with E-state index in [4.69, 9.17) is 14.5 Å². The molecule has 7 heteroatoms. The summed E-state index contributed by atoms with van der Waals surface area (Å²) >= 11 is 0. The van der Waals surface area contributed by atoms with E-state index in [0.29, 0.717) is 29.3 Å². The summed E-state index contributed by atoms with van der Waals surface area (Å²) in [5, 5.41) is 9.36. The zero-order chi connectivity index (χ0) is 20.1. The van der Waals surface area contributed by atoms with Crippen molar-refractivity contribution in [3.8, 4) is 11.5 Å². The third kappa shape index (κ3) is 2.77. The molecule has 3 heterocycles. The Morgan fingerprint density at radius 2 is 2.10 bits per heavy atom. The van der Waals surface area contributed by atoms with Crippen molar-refractivity contribution in [2.24, 2.45) is 5.92 Å². The molecule has 1 aliphatic carbocycles. The maximum absolute atomic E-state index is 13.2. The smallest absolute Gasteiger partial charge is 0.316 e. The molecule has 3 aliphatic rings. The van der Waals surface area contributed by atoms with Crippen molar-refractivity contribution in [1.82, 2.24) is 9.55 Å². The number of hydrogen-bond acceptors (Lipinski definition) is 5. The highest BCUT2D eigenvalue weighted by molar-refractivity contribution is 5.87. The lowest BCUT2D eigenvalue weighted by molar-refractivity contribution is -0.138. The maximum atomic E-state index is 13.2. The van der Waals surface area contributed by atoms with Crippen LogP contribution in [0.4, 0.5) is 0 Å². The van der Waals surface area contributed by atoms with Crippen molar-refractivity contribution in [2.45, 2.75) is 19.3 Å². The first-order chi connectivity index (χ1) is 14.0. The molecule has 29 heavy (non-hydrogen) atoms. The molecule has 0 radical (unpaired) electrons. The number of nitrogens with zero attached hydrogens (tertiary/aromatic N) is 2. The molecular formula is C22H18N2O5. The summed E-state index contributed by atoms with van der Waals surface area (Å²) < 4.78 is 12.1. The predicted octanol–water partition coefficient (Wildman–Crippen LogP) is 3.05. The normalized spacial score (nSPS) is 20.5. The van der Waals surface area contributed by atoms with Gasteiger partial charge in [0.2, 0.25) is 6.79 Å². The Morgan fingerprint density at radius 3 is 2.93 bits per heavy atom. The van der Waals surface area contributed by atoms with Crippen molar-refractivity contribution in [3.05, 3.63) is 63.9 Å². The van der Waals surface area contributed by atoms with Gasteiger partial charge in [-0.3, -0.25) is 14.2 Å². The molecule has 0 bridgehead atoms. The van der Waals surface area contributed by atoms with Crippen LogP contribution in [0.15, 0.2) is 35.6 Å². The Balaban J connectivity index is 1.62. The van der Waals surface area contributed by atoms with Gasteiger partial charge in [-0.2, -0.15) is 0 Å². The Morgan fingerprint density at radius 1 is 1.28 bits per heavy atom. The van der Waals surface area contributed by atoms with E-state index in [1.165, 1.54) is 10.6 Å². The van der Waals surface area contributed by atoms with Gasteiger partial charge in [-0.15, -0.1) is 0 Å². The zero-order valence-corrected chi connectivity index (χ0v) is 15.6. The first kappa shape index (κ1) is 17.5. The summed E-state index contributed by atoms with van der Waals surface area (Å²) in [6.45, 7) is 4.06. The van der Waals surface area contributed by atoms with Crippen LogP contribution in [-0.2, 0) is 11.2 Å². The molecule has 146 valence electrons. The Bertz CT molecular complexity index is 1190. The fourth-order valence-corrected chi connectivity index (χ4v) is 4.03. The van der Waals surface area contributed by atoms with E-state index in [1.807, 2.05) is 24.3 Å². The number of aliphatic carboxylic acids is 1. The Kier molecular flexibility index (Phi) is 3.91. The summed E-state index contributed by atoms with van der Waals surface area (Å²) in [5.41, 5.74) is 3.20. The van der Waals surface area contributed by atoms with Crippen LogP contribution in [0, 0.1) is 5.92 Å². The van der Waals surface area contributed by atoms with Crippen LogP contribution < -0.4 is 15.0 Å². The third-order valence-corrected chi connectivity index (χ3v) is 5.47. The number of ether oxygens (including phenoxy) is 2. The van der Waals surface area contributed by atoms with Gasteiger partial charge < -0.3 is 14.6 Å². The lowest BCUT2D eigenvalue weighted by atomic mass is 9.90. The monoisotopic (exact) mass is 390 g/mol. The first-order valence-electron chi connectivity index (χ1n) is 9.39. The van der Waals surface area contributed by atoms with E-state index in [2.05, 4.69) is 6.58 Å². The van der Waals surface area contributed by atoms with Crippen molar-refractivity contribution >= 4 is 29.4 Å². The average molecular weight is 390 g/mol. The summed E-state index contributed by atoms with van der Waals surface area (Å²) in [6, 6.07) is 5.72. The van der Waals surface area contributed by atoms with Crippen molar-refractivity contribution in [3.63, 3.8) is 0 Å². The van der Waals surface area contributed by atoms with Crippen molar-refractivity contribution in [2.75, 3.05) is 6.79 Å². The molecule has 0 spiro atoms. The van der Waals surface area contributed by atoms with Gasteiger partial charge in [0, 0.05) is 11.3 Å².